The maximum absolute atomic E-state index is 9.55. The minimum absolute atomic E-state index is 0.354. The fraction of sp³-hybridized carbons (Fsp3) is 0.368. The first-order chi connectivity index (χ1) is 10.7. The second-order valence-corrected chi connectivity index (χ2v) is 5.50. The van der Waals surface area contributed by atoms with Crippen LogP contribution < -0.4 is 5.73 Å². The van der Waals surface area contributed by atoms with Gasteiger partial charge in [0.15, 0.2) is 0 Å². The number of nitrogens with two attached hydrogens (primary N) is 1. The maximum atomic E-state index is 9.55. The normalized spacial score (nSPS) is 10.4. The Morgan fingerprint density at radius 1 is 1.09 bits per heavy atom. The van der Waals surface area contributed by atoms with Crippen molar-refractivity contribution in [2.75, 3.05) is 5.73 Å². The molecule has 3 nitrogen and oxygen atoms in total. The van der Waals surface area contributed by atoms with E-state index in [0.717, 1.165) is 48.9 Å². The number of aromatic nitrogens is 1. The van der Waals surface area contributed by atoms with Crippen LogP contribution in [0.3, 0.4) is 0 Å². The number of aryl methyl sites for hydroxylation is 1. The molecular formula is C19H23N3. The van der Waals surface area contributed by atoms with Gasteiger partial charge in [-0.3, -0.25) is 0 Å². The van der Waals surface area contributed by atoms with Gasteiger partial charge in [0.2, 0.25) is 0 Å². The van der Waals surface area contributed by atoms with Gasteiger partial charge in [-0.1, -0.05) is 57.0 Å². The van der Waals surface area contributed by atoms with E-state index in [4.69, 9.17) is 5.73 Å². The zero-order valence-electron chi connectivity index (χ0n) is 13.4. The minimum Gasteiger partial charge on any atom is -0.383 e. The van der Waals surface area contributed by atoms with E-state index in [9.17, 15) is 5.26 Å². The molecule has 0 aliphatic heterocycles. The van der Waals surface area contributed by atoms with Gasteiger partial charge in [0.1, 0.15) is 17.5 Å². The molecule has 2 rings (SSSR count). The van der Waals surface area contributed by atoms with Crippen molar-refractivity contribution in [2.45, 2.75) is 46.0 Å². The van der Waals surface area contributed by atoms with Gasteiger partial charge in [-0.05, 0) is 30.4 Å². The van der Waals surface area contributed by atoms with Gasteiger partial charge in [-0.2, -0.15) is 5.26 Å². The average molecular weight is 293 g/mol. The minimum atomic E-state index is 0.354. The molecule has 0 atom stereocenters. The number of hydrogen-bond donors (Lipinski definition) is 1. The molecule has 0 saturated carbocycles. The summed E-state index contributed by atoms with van der Waals surface area (Å²) in [4.78, 5) is 4.54. The van der Waals surface area contributed by atoms with Crippen LogP contribution in [0.1, 0.15) is 49.9 Å². The summed E-state index contributed by atoms with van der Waals surface area (Å²) in [5.74, 6) is 0.354. The van der Waals surface area contributed by atoms with E-state index in [1.165, 1.54) is 5.56 Å². The average Bonchev–Trinajstić information content (AvgIpc) is 2.55. The van der Waals surface area contributed by atoms with Gasteiger partial charge in [0.25, 0.3) is 0 Å². The Morgan fingerprint density at radius 3 is 2.41 bits per heavy atom. The summed E-state index contributed by atoms with van der Waals surface area (Å²) < 4.78 is 0. The van der Waals surface area contributed by atoms with Gasteiger partial charge in [-0.15, -0.1) is 0 Å². The molecule has 0 unspecified atom stereocenters. The van der Waals surface area contributed by atoms with Gasteiger partial charge in [-0.25, -0.2) is 4.98 Å². The Kier molecular flexibility index (Phi) is 5.55. The number of pyridine rings is 1. The zero-order valence-corrected chi connectivity index (χ0v) is 13.4. The van der Waals surface area contributed by atoms with Crippen molar-refractivity contribution in [1.29, 1.82) is 5.26 Å². The Labute approximate surface area is 132 Å². The van der Waals surface area contributed by atoms with Gasteiger partial charge >= 0.3 is 0 Å². The van der Waals surface area contributed by atoms with Crippen molar-refractivity contribution >= 4 is 5.82 Å². The number of benzene rings is 1. The summed E-state index contributed by atoms with van der Waals surface area (Å²) in [5, 5.41) is 9.55. The predicted molar refractivity (Wildman–Crippen MR) is 91.4 cm³/mol. The summed E-state index contributed by atoms with van der Waals surface area (Å²) in [7, 11) is 0. The third-order valence-electron chi connectivity index (χ3n) is 3.85. The van der Waals surface area contributed by atoms with Crippen LogP contribution in [-0.2, 0) is 12.8 Å². The molecule has 3 heteroatoms. The smallest absolute Gasteiger partial charge is 0.142 e. The van der Waals surface area contributed by atoms with Crippen LogP contribution in [0.15, 0.2) is 30.3 Å². The molecular weight excluding hydrogens is 270 g/mol. The first-order valence-corrected chi connectivity index (χ1v) is 7.99. The lowest BCUT2D eigenvalue weighted by molar-refractivity contribution is 0.760. The van der Waals surface area contributed by atoms with E-state index >= 15 is 0 Å². The maximum Gasteiger partial charge on any atom is 0.142 e. The summed E-state index contributed by atoms with van der Waals surface area (Å²) in [6, 6.07) is 12.3. The molecule has 0 amide bonds. The Hall–Kier alpha value is -2.34. The second-order valence-electron chi connectivity index (χ2n) is 5.50. The SMILES string of the molecule is CCCCc1nc(N)c(C#N)c(-c2ccccc2)c1CCC. The standard InChI is InChI=1S/C19H23N3/c1-3-5-12-17-15(9-4-2)18(14-10-7-6-8-11-14)16(13-20)19(21)22-17/h6-8,10-11H,3-5,9,12H2,1-2H3,(H2,21,22). The van der Waals surface area contributed by atoms with E-state index in [1.807, 2.05) is 30.3 Å². The third kappa shape index (κ3) is 3.28. The lowest BCUT2D eigenvalue weighted by Crippen LogP contribution is -2.08. The van der Waals surface area contributed by atoms with Crippen LogP contribution in [0.25, 0.3) is 11.1 Å². The molecule has 0 aliphatic rings. The molecule has 0 fully saturated rings. The highest BCUT2D eigenvalue weighted by atomic mass is 14.9. The predicted octanol–water partition coefficient (Wildman–Crippen LogP) is 4.50. The lowest BCUT2D eigenvalue weighted by Gasteiger charge is -2.17. The number of nitrogen functional groups attached to an aromatic ring is 1. The van der Waals surface area contributed by atoms with Crippen LogP contribution in [0.2, 0.25) is 0 Å². The molecule has 0 bridgehead atoms. The molecule has 1 aromatic carbocycles. The van der Waals surface area contributed by atoms with Gasteiger partial charge < -0.3 is 5.73 Å². The Morgan fingerprint density at radius 2 is 1.82 bits per heavy atom. The van der Waals surface area contributed by atoms with Crippen LogP contribution in [-0.4, -0.2) is 4.98 Å². The highest BCUT2D eigenvalue weighted by molar-refractivity contribution is 5.79. The molecule has 1 aromatic heterocycles. The molecule has 114 valence electrons. The van der Waals surface area contributed by atoms with Gasteiger partial charge in [0.05, 0.1) is 0 Å². The van der Waals surface area contributed by atoms with Crippen molar-refractivity contribution in [3.8, 4) is 17.2 Å². The number of nitrogens with zero attached hydrogens (tertiary/aromatic N) is 2. The van der Waals surface area contributed by atoms with E-state index in [2.05, 4.69) is 24.9 Å². The summed E-state index contributed by atoms with van der Waals surface area (Å²) in [6.07, 6.45) is 5.07. The van der Waals surface area contributed by atoms with Crippen molar-refractivity contribution in [3.05, 3.63) is 47.2 Å². The summed E-state index contributed by atoms with van der Waals surface area (Å²) in [5.41, 5.74) is 10.9. The highest BCUT2D eigenvalue weighted by Gasteiger charge is 2.18. The van der Waals surface area contributed by atoms with Crippen LogP contribution in [0, 0.1) is 11.3 Å². The number of nitriles is 1. The van der Waals surface area contributed by atoms with Crippen molar-refractivity contribution in [1.82, 2.24) is 4.98 Å². The van der Waals surface area contributed by atoms with Crippen LogP contribution in [0.5, 0.6) is 0 Å². The number of unbranched alkanes of at least 4 members (excludes halogenated alkanes) is 1. The molecule has 0 radical (unpaired) electrons. The van der Waals surface area contributed by atoms with Gasteiger partial charge in [0, 0.05) is 11.3 Å². The molecule has 0 saturated heterocycles. The van der Waals surface area contributed by atoms with Crippen LogP contribution in [0.4, 0.5) is 5.82 Å². The Bertz CT molecular complexity index is 669. The fourth-order valence-corrected chi connectivity index (χ4v) is 2.80. The third-order valence-corrected chi connectivity index (χ3v) is 3.85. The fourth-order valence-electron chi connectivity index (χ4n) is 2.80. The van der Waals surface area contributed by atoms with Crippen molar-refractivity contribution in [2.24, 2.45) is 0 Å². The Balaban J connectivity index is 2.70. The molecule has 0 spiro atoms. The van der Waals surface area contributed by atoms with Crippen molar-refractivity contribution < 1.29 is 0 Å². The molecule has 0 aliphatic carbocycles. The highest BCUT2D eigenvalue weighted by Crippen LogP contribution is 2.33. The first-order valence-electron chi connectivity index (χ1n) is 7.99. The quantitative estimate of drug-likeness (QED) is 0.853. The zero-order chi connectivity index (χ0) is 15.9. The number of anilines is 1. The van der Waals surface area contributed by atoms with E-state index < -0.39 is 0 Å². The van der Waals surface area contributed by atoms with Crippen LogP contribution >= 0.6 is 0 Å². The summed E-state index contributed by atoms with van der Waals surface area (Å²) in [6.45, 7) is 4.32. The molecule has 1 heterocycles. The topological polar surface area (TPSA) is 62.7 Å². The lowest BCUT2D eigenvalue weighted by atomic mass is 9.90. The molecule has 2 aromatic rings. The number of rotatable bonds is 6. The first kappa shape index (κ1) is 16.0. The number of hydrogen-bond acceptors (Lipinski definition) is 3. The van der Waals surface area contributed by atoms with E-state index in [-0.39, 0.29) is 0 Å². The largest absolute Gasteiger partial charge is 0.383 e. The summed E-state index contributed by atoms with van der Waals surface area (Å²) >= 11 is 0. The second kappa shape index (κ2) is 7.61. The van der Waals surface area contributed by atoms with E-state index in [0.29, 0.717) is 11.4 Å². The molecule has 22 heavy (non-hydrogen) atoms. The monoisotopic (exact) mass is 293 g/mol. The van der Waals surface area contributed by atoms with Crippen molar-refractivity contribution in [3.63, 3.8) is 0 Å². The molecule has 2 N–H and O–H groups in total. The van der Waals surface area contributed by atoms with E-state index in [1.54, 1.807) is 0 Å².